The van der Waals surface area contributed by atoms with E-state index in [1.807, 2.05) is 24.4 Å². The fourth-order valence-corrected chi connectivity index (χ4v) is 6.43. The maximum atomic E-state index is 15.2. The molecule has 4 heterocycles. The van der Waals surface area contributed by atoms with E-state index >= 15 is 4.39 Å². The summed E-state index contributed by atoms with van der Waals surface area (Å²) in [6.45, 7) is 2.82. The lowest BCUT2D eigenvalue weighted by Crippen LogP contribution is -2.40. The third-order valence-electron chi connectivity index (χ3n) is 7.23. The van der Waals surface area contributed by atoms with Gasteiger partial charge in [0.05, 0.1) is 33.1 Å². The molecule has 1 atom stereocenters. The lowest BCUT2D eigenvalue weighted by atomic mass is 10.2. The van der Waals surface area contributed by atoms with Crippen molar-refractivity contribution in [1.29, 1.82) is 0 Å². The van der Waals surface area contributed by atoms with Crippen LogP contribution in [0, 0.1) is 11.6 Å². The fraction of sp³-hybridized carbons (Fsp3) is 0.219. The van der Waals surface area contributed by atoms with E-state index < -0.39 is 23.2 Å². The number of methoxy groups -OCH3 is 1. The summed E-state index contributed by atoms with van der Waals surface area (Å²) < 4.78 is 41.3. The van der Waals surface area contributed by atoms with E-state index in [9.17, 15) is 9.18 Å². The monoisotopic (exact) mass is 648 g/mol. The highest BCUT2D eigenvalue weighted by atomic mass is 32.1. The second-order valence-corrected chi connectivity index (χ2v) is 11.7. The van der Waals surface area contributed by atoms with E-state index in [4.69, 9.17) is 9.47 Å². The van der Waals surface area contributed by atoms with Crippen LogP contribution in [0.2, 0.25) is 0 Å². The van der Waals surface area contributed by atoms with E-state index in [0.717, 1.165) is 27.4 Å². The minimum Gasteiger partial charge on any atom is -0.453 e. The maximum Gasteiger partial charge on any atom is 0.324 e. The number of nitrogens with zero attached hydrogens (tertiary/aromatic N) is 4. The first kappa shape index (κ1) is 30.7. The molecule has 2 N–H and O–H groups in total. The van der Waals surface area contributed by atoms with Crippen LogP contribution in [0.15, 0.2) is 79.1 Å². The fourth-order valence-electron chi connectivity index (χ4n) is 4.93. The highest BCUT2D eigenvalue weighted by Gasteiger charge is 2.34. The molecular formula is C32H30F2N6O3S2. The zero-order chi connectivity index (χ0) is 31.3. The predicted molar refractivity (Wildman–Crippen MR) is 175 cm³/mol. The molecule has 1 aliphatic heterocycles. The first-order valence-corrected chi connectivity index (χ1v) is 15.5. The maximum absolute atomic E-state index is 15.2. The molecule has 232 valence electrons. The molecule has 1 aliphatic rings. The number of halogens is 2. The Balaban J connectivity index is 1.12. The topological polar surface area (TPSA) is 91.8 Å². The Bertz CT molecular complexity index is 1810. The van der Waals surface area contributed by atoms with Gasteiger partial charge in [-0.25, -0.2) is 13.6 Å². The van der Waals surface area contributed by atoms with Crippen molar-refractivity contribution in [2.24, 2.45) is 0 Å². The van der Waals surface area contributed by atoms with E-state index in [1.165, 1.54) is 34.4 Å². The molecule has 2 amide bonds. The molecule has 45 heavy (non-hydrogen) atoms. The molecule has 3 aromatic heterocycles. The molecule has 13 heteroatoms. The Morgan fingerprint density at radius 3 is 2.69 bits per heavy atom. The summed E-state index contributed by atoms with van der Waals surface area (Å²) in [5.41, 5.74) is 2.49. The first-order chi connectivity index (χ1) is 21.9. The van der Waals surface area contributed by atoms with Gasteiger partial charge in [0.2, 0.25) is 0 Å². The number of nitrogens with one attached hydrogen (secondary N) is 2. The molecule has 5 aromatic rings. The van der Waals surface area contributed by atoms with Crippen molar-refractivity contribution >= 4 is 51.6 Å². The van der Waals surface area contributed by atoms with Gasteiger partial charge in [-0.05, 0) is 42.0 Å². The molecule has 1 saturated heterocycles. The number of amides is 2. The van der Waals surface area contributed by atoms with Gasteiger partial charge in [0.25, 0.3) is 0 Å². The van der Waals surface area contributed by atoms with Crippen molar-refractivity contribution in [1.82, 2.24) is 20.2 Å². The number of hydrogen-bond acceptors (Lipinski definition) is 9. The second-order valence-electron chi connectivity index (χ2n) is 10.2. The molecule has 2 aromatic carbocycles. The van der Waals surface area contributed by atoms with Crippen LogP contribution >= 0.6 is 24.0 Å². The van der Waals surface area contributed by atoms with Crippen molar-refractivity contribution in [3.8, 4) is 22.1 Å². The SMILES string of the molecule is COCCNCc1ccc(-c2cc3nccc(Oc4ccc(NC(=O)N5CCN(c6ccccc6F)C5S)cc4F)c3s2)nc1. The summed E-state index contributed by atoms with van der Waals surface area (Å²) in [7, 11) is 1.67. The van der Waals surface area contributed by atoms with Crippen molar-refractivity contribution < 1.29 is 23.0 Å². The highest BCUT2D eigenvalue weighted by molar-refractivity contribution is 7.81. The molecule has 0 bridgehead atoms. The standard InChI is InChI=1S/C32H30F2N6O3S2/c1-42-15-12-35-18-20-6-8-24(37-19-20)29-17-25-30(45-29)28(10-11-36-25)43-27-9-7-21(16-23(27)34)38-31(41)40-14-13-39(32(40)44)26-5-3-2-4-22(26)33/h2-11,16-17,19,32,35,44H,12-15,18H2,1H3,(H,38,41). The van der Waals surface area contributed by atoms with Gasteiger partial charge >= 0.3 is 6.03 Å². The lowest BCUT2D eigenvalue weighted by Gasteiger charge is -2.27. The summed E-state index contributed by atoms with van der Waals surface area (Å²) in [6.07, 6.45) is 3.44. The summed E-state index contributed by atoms with van der Waals surface area (Å²) in [6, 6.07) is 17.7. The van der Waals surface area contributed by atoms with E-state index in [-0.39, 0.29) is 11.4 Å². The number of benzene rings is 2. The number of para-hydroxylation sites is 1. The summed E-state index contributed by atoms with van der Waals surface area (Å²) in [5.74, 6) is -0.593. The Morgan fingerprint density at radius 2 is 1.91 bits per heavy atom. The number of aromatic nitrogens is 2. The number of urea groups is 1. The zero-order valence-corrected chi connectivity index (χ0v) is 26.0. The number of thiol groups is 1. The van der Waals surface area contributed by atoms with Crippen LogP contribution < -0.4 is 20.3 Å². The predicted octanol–water partition coefficient (Wildman–Crippen LogP) is 6.73. The zero-order valence-electron chi connectivity index (χ0n) is 24.2. The van der Waals surface area contributed by atoms with Gasteiger partial charge in [-0.1, -0.05) is 18.2 Å². The minimum absolute atomic E-state index is 0.00197. The largest absolute Gasteiger partial charge is 0.453 e. The molecular weight excluding hydrogens is 619 g/mol. The van der Waals surface area contributed by atoms with Crippen LogP contribution in [0.4, 0.5) is 25.0 Å². The summed E-state index contributed by atoms with van der Waals surface area (Å²) >= 11 is 5.99. The normalized spacial score (nSPS) is 14.7. The molecule has 0 aliphatic carbocycles. The molecule has 0 saturated carbocycles. The number of pyridine rings is 2. The van der Waals surface area contributed by atoms with Crippen LogP contribution in [0.3, 0.4) is 0 Å². The molecule has 1 fully saturated rings. The van der Waals surface area contributed by atoms with Crippen molar-refractivity contribution in [3.05, 3.63) is 96.3 Å². The van der Waals surface area contributed by atoms with E-state index in [2.05, 4.69) is 33.2 Å². The summed E-state index contributed by atoms with van der Waals surface area (Å²) in [5, 5.41) is 6.00. The first-order valence-electron chi connectivity index (χ1n) is 14.2. The van der Waals surface area contributed by atoms with E-state index in [0.29, 0.717) is 43.2 Å². The molecule has 9 nitrogen and oxygen atoms in total. The average molecular weight is 649 g/mol. The Hall–Kier alpha value is -4.30. The van der Waals surface area contributed by atoms with Crippen molar-refractivity contribution in [2.45, 2.75) is 12.0 Å². The van der Waals surface area contributed by atoms with Crippen LogP contribution in [0.5, 0.6) is 11.5 Å². The highest BCUT2D eigenvalue weighted by Crippen LogP contribution is 2.39. The number of anilines is 2. The third-order valence-corrected chi connectivity index (χ3v) is 8.95. The number of rotatable bonds is 10. The Kier molecular flexibility index (Phi) is 9.40. The van der Waals surface area contributed by atoms with Gasteiger partial charge in [0.1, 0.15) is 11.6 Å². The summed E-state index contributed by atoms with van der Waals surface area (Å²) in [4.78, 5) is 26.1. The molecule has 0 radical (unpaired) electrons. The average Bonchev–Trinajstić information content (AvgIpc) is 3.65. The Morgan fingerprint density at radius 1 is 1.04 bits per heavy atom. The van der Waals surface area contributed by atoms with Gasteiger partial charge in [-0.15, -0.1) is 24.0 Å². The van der Waals surface area contributed by atoms with E-state index in [1.54, 1.807) is 48.5 Å². The van der Waals surface area contributed by atoms with Crippen molar-refractivity contribution in [3.63, 3.8) is 0 Å². The van der Waals surface area contributed by atoms with Crippen LogP contribution in [-0.2, 0) is 11.3 Å². The number of carbonyl (C=O) groups is 1. The number of carbonyl (C=O) groups excluding carboxylic acids is 1. The van der Waals surface area contributed by atoms with Gasteiger partial charge < -0.3 is 25.0 Å². The number of hydrogen-bond donors (Lipinski definition) is 3. The second kappa shape index (κ2) is 13.8. The number of ether oxygens (including phenoxy) is 2. The van der Waals surface area contributed by atoms with Crippen molar-refractivity contribution in [2.75, 3.05) is 43.6 Å². The minimum atomic E-state index is -0.685. The van der Waals surface area contributed by atoms with Gasteiger partial charge in [-0.3, -0.25) is 14.9 Å². The molecule has 0 spiro atoms. The number of fused-ring (bicyclic) bond motifs is 1. The van der Waals surface area contributed by atoms with Crippen LogP contribution in [0.25, 0.3) is 20.8 Å². The smallest absolute Gasteiger partial charge is 0.324 e. The van der Waals surface area contributed by atoms with Crippen LogP contribution in [0.1, 0.15) is 5.56 Å². The number of thiophene rings is 1. The Labute approximate surface area is 268 Å². The molecule has 1 unspecified atom stereocenters. The quantitative estimate of drug-likeness (QED) is 0.114. The lowest BCUT2D eigenvalue weighted by molar-refractivity contribution is 0.199. The van der Waals surface area contributed by atoms with Gasteiger partial charge in [0, 0.05) is 63.5 Å². The molecule has 6 rings (SSSR count). The van der Waals surface area contributed by atoms with Gasteiger partial charge in [-0.2, -0.15) is 0 Å². The third kappa shape index (κ3) is 6.86. The van der Waals surface area contributed by atoms with Gasteiger partial charge in [0.15, 0.2) is 17.1 Å². The van der Waals surface area contributed by atoms with Crippen LogP contribution in [-0.4, -0.2) is 59.7 Å².